The van der Waals surface area contributed by atoms with Crippen LogP contribution in [-0.4, -0.2) is 22.2 Å². The molecule has 0 aliphatic rings. The van der Waals surface area contributed by atoms with Crippen molar-refractivity contribution in [3.63, 3.8) is 0 Å². The number of fused-ring (bicyclic) bond motifs is 4. The van der Waals surface area contributed by atoms with Crippen molar-refractivity contribution in [1.29, 1.82) is 0 Å². The van der Waals surface area contributed by atoms with Crippen molar-refractivity contribution < 1.29 is 19.8 Å². The summed E-state index contributed by atoms with van der Waals surface area (Å²) in [7, 11) is 0. The van der Waals surface area contributed by atoms with E-state index in [4.69, 9.17) is 0 Å². The number of hydrogen-bond acceptors (Lipinski definition) is 2. The van der Waals surface area contributed by atoms with Gasteiger partial charge in [0.15, 0.2) is 0 Å². The summed E-state index contributed by atoms with van der Waals surface area (Å²) < 4.78 is 0. The van der Waals surface area contributed by atoms with Crippen molar-refractivity contribution in [1.82, 2.24) is 0 Å². The van der Waals surface area contributed by atoms with E-state index < -0.39 is 30.2 Å². The summed E-state index contributed by atoms with van der Waals surface area (Å²) in [5.41, 5.74) is 1.65. The van der Waals surface area contributed by atoms with Gasteiger partial charge in [-0.2, -0.15) is 0 Å². The summed E-state index contributed by atoms with van der Waals surface area (Å²) in [6.07, 6.45) is -0.468. The fourth-order valence-electron chi connectivity index (χ4n) is 5.01. The summed E-state index contributed by atoms with van der Waals surface area (Å²) >= 11 is 0. The molecule has 2 N–H and O–H groups in total. The first-order chi connectivity index (χ1) is 16.0. The molecule has 4 nitrogen and oxygen atoms in total. The Balaban J connectivity index is 1.89. The standard InChI is InChI=1S/C29H22O4/c30-26(31)17-25(29(32)33)28(23-13-5-9-18-7-1-3-11-21(18)23)24-14-6-10-20-16-15-19-8-2-4-12-22(19)27(20)24/h1-16,25,28H,17H2,(H,30,31)(H,32,33)/t25-,28-/m1/s1. The van der Waals surface area contributed by atoms with Gasteiger partial charge in [-0.25, -0.2) is 0 Å². The number of rotatable bonds is 6. The molecular weight excluding hydrogens is 412 g/mol. The van der Waals surface area contributed by atoms with Gasteiger partial charge in [0.25, 0.3) is 0 Å². The summed E-state index contributed by atoms with van der Waals surface area (Å²) in [6.45, 7) is 0. The lowest BCUT2D eigenvalue weighted by Crippen LogP contribution is -2.26. The largest absolute Gasteiger partial charge is 0.481 e. The van der Waals surface area contributed by atoms with Gasteiger partial charge in [-0.05, 0) is 43.4 Å². The Morgan fingerprint density at radius 1 is 0.606 bits per heavy atom. The molecule has 0 amide bonds. The topological polar surface area (TPSA) is 74.6 Å². The number of carbonyl (C=O) groups is 2. The fraction of sp³-hybridized carbons (Fsp3) is 0.103. The van der Waals surface area contributed by atoms with E-state index in [9.17, 15) is 19.8 Å². The molecule has 0 aliphatic heterocycles. The summed E-state index contributed by atoms with van der Waals surface area (Å²) in [5.74, 6) is -4.01. The first kappa shape index (κ1) is 20.7. The van der Waals surface area contributed by atoms with E-state index in [1.54, 1.807) is 0 Å². The second kappa shape index (κ2) is 8.40. The van der Waals surface area contributed by atoms with Crippen molar-refractivity contribution >= 4 is 44.3 Å². The highest BCUT2D eigenvalue weighted by atomic mass is 16.4. The van der Waals surface area contributed by atoms with Crippen LogP contribution in [-0.2, 0) is 9.59 Å². The third kappa shape index (κ3) is 3.70. The van der Waals surface area contributed by atoms with Gasteiger partial charge in [0.1, 0.15) is 0 Å². The molecule has 33 heavy (non-hydrogen) atoms. The first-order valence-corrected chi connectivity index (χ1v) is 10.9. The average Bonchev–Trinajstić information content (AvgIpc) is 2.83. The van der Waals surface area contributed by atoms with Gasteiger partial charge in [0, 0.05) is 5.92 Å². The molecule has 0 radical (unpaired) electrons. The molecule has 2 atom stereocenters. The summed E-state index contributed by atoms with van der Waals surface area (Å²) in [6, 6.07) is 31.6. The lowest BCUT2D eigenvalue weighted by molar-refractivity contribution is -0.148. The molecule has 0 aliphatic carbocycles. The van der Waals surface area contributed by atoms with Crippen LogP contribution in [0.25, 0.3) is 32.3 Å². The van der Waals surface area contributed by atoms with Gasteiger partial charge >= 0.3 is 11.9 Å². The highest BCUT2D eigenvalue weighted by Crippen LogP contribution is 2.42. The minimum Gasteiger partial charge on any atom is -0.481 e. The number of carboxylic acids is 2. The van der Waals surface area contributed by atoms with Crippen LogP contribution >= 0.6 is 0 Å². The average molecular weight is 434 g/mol. The molecule has 0 bridgehead atoms. The van der Waals surface area contributed by atoms with Crippen LogP contribution in [0, 0.1) is 5.92 Å². The molecule has 0 aromatic heterocycles. The van der Waals surface area contributed by atoms with Crippen molar-refractivity contribution in [2.24, 2.45) is 5.92 Å². The van der Waals surface area contributed by atoms with Crippen LogP contribution in [0.5, 0.6) is 0 Å². The van der Waals surface area contributed by atoms with Crippen LogP contribution < -0.4 is 0 Å². The first-order valence-electron chi connectivity index (χ1n) is 10.9. The number of aliphatic carboxylic acids is 2. The fourth-order valence-corrected chi connectivity index (χ4v) is 5.01. The van der Waals surface area contributed by atoms with Gasteiger partial charge in [0.05, 0.1) is 12.3 Å². The summed E-state index contributed by atoms with van der Waals surface area (Å²) in [4.78, 5) is 24.3. The molecule has 5 aromatic rings. The van der Waals surface area contributed by atoms with E-state index >= 15 is 0 Å². The lowest BCUT2D eigenvalue weighted by atomic mass is 9.75. The monoisotopic (exact) mass is 434 g/mol. The SMILES string of the molecule is O=C(O)C[C@@H](C(=O)O)[C@H](c1cccc2ccccc12)c1cccc2ccc3ccccc3c12. The number of benzene rings is 5. The Morgan fingerprint density at radius 2 is 1.15 bits per heavy atom. The van der Waals surface area contributed by atoms with Crippen molar-refractivity contribution in [3.8, 4) is 0 Å². The van der Waals surface area contributed by atoms with Crippen LogP contribution in [0.4, 0.5) is 0 Å². The van der Waals surface area contributed by atoms with E-state index in [-0.39, 0.29) is 0 Å². The Kier molecular flexibility index (Phi) is 5.27. The molecule has 4 heteroatoms. The zero-order valence-electron chi connectivity index (χ0n) is 17.8. The van der Waals surface area contributed by atoms with E-state index in [1.807, 2.05) is 91.0 Å². The van der Waals surface area contributed by atoms with Gasteiger partial charge in [-0.15, -0.1) is 0 Å². The van der Waals surface area contributed by atoms with Gasteiger partial charge in [0.2, 0.25) is 0 Å². The smallest absolute Gasteiger partial charge is 0.308 e. The minimum atomic E-state index is -1.13. The van der Waals surface area contributed by atoms with Gasteiger partial charge in [-0.3, -0.25) is 9.59 Å². The minimum absolute atomic E-state index is 0.468. The number of carboxylic acid groups (broad SMARTS) is 2. The van der Waals surface area contributed by atoms with Crippen molar-refractivity contribution in [3.05, 3.63) is 108 Å². The van der Waals surface area contributed by atoms with Crippen LogP contribution in [0.15, 0.2) is 97.1 Å². The molecule has 0 spiro atoms. The predicted molar refractivity (Wildman–Crippen MR) is 131 cm³/mol. The maximum Gasteiger partial charge on any atom is 0.308 e. The van der Waals surface area contributed by atoms with Crippen LogP contribution in [0.2, 0.25) is 0 Å². The molecule has 5 rings (SSSR count). The second-order valence-corrected chi connectivity index (χ2v) is 8.32. The molecule has 0 saturated carbocycles. The molecule has 5 aromatic carbocycles. The Morgan fingerprint density at radius 3 is 1.85 bits per heavy atom. The van der Waals surface area contributed by atoms with Crippen molar-refractivity contribution in [2.75, 3.05) is 0 Å². The zero-order valence-corrected chi connectivity index (χ0v) is 17.8. The third-order valence-electron chi connectivity index (χ3n) is 6.41. The highest BCUT2D eigenvalue weighted by molar-refractivity contribution is 6.10. The molecular formula is C29H22O4. The normalized spacial score (nSPS) is 13.2. The zero-order chi connectivity index (χ0) is 22.9. The lowest BCUT2D eigenvalue weighted by Gasteiger charge is -2.27. The third-order valence-corrected chi connectivity index (χ3v) is 6.41. The maximum atomic E-state index is 12.5. The Hall–Kier alpha value is -4.18. The molecule has 162 valence electrons. The second-order valence-electron chi connectivity index (χ2n) is 8.32. The number of hydrogen-bond donors (Lipinski definition) is 2. The Bertz CT molecular complexity index is 1510. The molecule has 0 unspecified atom stereocenters. The van der Waals surface area contributed by atoms with Crippen LogP contribution in [0.3, 0.4) is 0 Å². The maximum absolute atomic E-state index is 12.5. The van der Waals surface area contributed by atoms with Crippen LogP contribution in [0.1, 0.15) is 23.5 Å². The quantitative estimate of drug-likeness (QED) is 0.301. The van der Waals surface area contributed by atoms with E-state index in [1.165, 1.54) is 0 Å². The Labute approximate surface area is 190 Å². The van der Waals surface area contributed by atoms with E-state index in [2.05, 4.69) is 6.07 Å². The molecule has 0 fully saturated rings. The molecule has 0 saturated heterocycles. The predicted octanol–water partition coefficient (Wildman–Crippen LogP) is 6.45. The van der Waals surface area contributed by atoms with Gasteiger partial charge in [-0.1, -0.05) is 97.1 Å². The van der Waals surface area contributed by atoms with E-state index in [0.29, 0.717) is 0 Å². The van der Waals surface area contributed by atoms with E-state index in [0.717, 1.165) is 43.4 Å². The molecule has 0 heterocycles. The highest BCUT2D eigenvalue weighted by Gasteiger charge is 2.35. The van der Waals surface area contributed by atoms with Crippen molar-refractivity contribution in [2.45, 2.75) is 12.3 Å². The summed E-state index contributed by atoms with van der Waals surface area (Å²) in [5, 5.41) is 25.8. The van der Waals surface area contributed by atoms with Gasteiger partial charge < -0.3 is 10.2 Å².